The molecule has 1 N–H and O–H groups in total. The highest BCUT2D eigenvalue weighted by atomic mass is 32.1. The number of benzene rings is 2. The highest BCUT2D eigenvalue weighted by molar-refractivity contribution is 7.12. The van der Waals surface area contributed by atoms with Crippen LogP contribution in [-0.2, 0) is 4.84 Å². The Morgan fingerprint density at radius 2 is 1.80 bits per heavy atom. The maximum Gasteiger partial charge on any atom is 0.160 e. The van der Waals surface area contributed by atoms with Gasteiger partial charge in [0.2, 0.25) is 0 Å². The maximum absolute atomic E-state index is 5.88. The van der Waals surface area contributed by atoms with Gasteiger partial charge in [0.15, 0.2) is 6.10 Å². The Morgan fingerprint density at radius 1 is 0.960 bits per heavy atom. The second-order valence-corrected chi connectivity index (χ2v) is 7.09. The first-order valence-electron chi connectivity index (χ1n) is 8.33. The predicted molar refractivity (Wildman–Crippen MR) is 103 cm³/mol. The van der Waals surface area contributed by atoms with Gasteiger partial charge in [0.1, 0.15) is 5.71 Å². The molecule has 1 unspecified atom stereocenters. The van der Waals surface area contributed by atoms with Crippen molar-refractivity contribution in [1.82, 2.24) is 4.98 Å². The number of thiophene rings is 1. The van der Waals surface area contributed by atoms with Crippen LogP contribution in [0.25, 0.3) is 22.2 Å². The number of aromatic amines is 1. The van der Waals surface area contributed by atoms with Crippen LogP contribution in [0, 0.1) is 0 Å². The van der Waals surface area contributed by atoms with E-state index in [0.29, 0.717) is 0 Å². The van der Waals surface area contributed by atoms with E-state index in [1.54, 1.807) is 11.3 Å². The fraction of sp³-hybridized carbons (Fsp3) is 0.0952. The fourth-order valence-electron chi connectivity index (χ4n) is 3.45. The molecule has 4 aromatic rings. The molecule has 5 rings (SSSR count). The van der Waals surface area contributed by atoms with Crippen molar-refractivity contribution in [2.45, 2.75) is 12.5 Å². The summed E-state index contributed by atoms with van der Waals surface area (Å²) in [5, 5.41) is 7.65. The van der Waals surface area contributed by atoms with E-state index in [4.69, 9.17) is 4.84 Å². The Bertz CT molecular complexity index is 1050. The topological polar surface area (TPSA) is 37.4 Å². The number of fused-ring (bicyclic) bond motifs is 1. The van der Waals surface area contributed by atoms with E-state index in [1.165, 1.54) is 21.4 Å². The number of oxime groups is 1. The third-order valence-corrected chi connectivity index (χ3v) is 5.52. The van der Waals surface area contributed by atoms with Crippen molar-refractivity contribution in [3.05, 3.63) is 82.6 Å². The zero-order valence-corrected chi connectivity index (χ0v) is 14.3. The van der Waals surface area contributed by atoms with Crippen molar-refractivity contribution >= 4 is 28.0 Å². The van der Waals surface area contributed by atoms with Crippen LogP contribution in [0.15, 0.2) is 77.3 Å². The third kappa shape index (κ3) is 2.46. The average molecular weight is 344 g/mol. The summed E-state index contributed by atoms with van der Waals surface area (Å²) in [6.07, 6.45) is 0.728. The minimum absolute atomic E-state index is 0.0662. The molecule has 0 saturated heterocycles. The first-order valence-corrected chi connectivity index (χ1v) is 9.21. The van der Waals surface area contributed by atoms with E-state index in [-0.39, 0.29) is 6.10 Å². The van der Waals surface area contributed by atoms with Gasteiger partial charge in [-0.05, 0) is 23.1 Å². The van der Waals surface area contributed by atoms with Gasteiger partial charge in [-0.15, -0.1) is 11.3 Å². The number of aromatic nitrogens is 1. The number of H-pyrrole nitrogens is 1. The van der Waals surface area contributed by atoms with E-state index in [9.17, 15) is 0 Å². The van der Waals surface area contributed by atoms with E-state index in [2.05, 4.69) is 76.2 Å². The van der Waals surface area contributed by atoms with Gasteiger partial charge in [-0.25, -0.2) is 0 Å². The van der Waals surface area contributed by atoms with Crippen molar-refractivity contribution in [3.63, 3.8) is 0 Å². The number of rotatable bonds is 3. The summed E-state index contributed by atoms with van der Waals surface area (Å²) in [6, 6.07) is 23.0. The first-order chi connectivity index (χ1) is 12.4. The summed E-state index contributed by atoms with van der Waals surface area (Å²) < 4.78 is 0. The molecule has 2 aromatic heterocycles. The summed E-state index contributed by atoms with van der Waals surface area (Å²) >= 11 is 1.71. The number of para-hydroxylation sites is 1. The van der Waals surface area contributed by atoms with Gasteiger partial charge < -0.3 is 9.82 Å². The molecule has 25 heavy (non-hydrogen) atoms. The average Bonchev–Trinajstić information content (AvgIpc) is 3.40. The highest BCUT2D eigenvalue weighted by Gasteiger charge is 2.29. The summed E-state index contributed by atoms with van der Waals surface area (Å²) in [5.74, 6) is 0. The standard InChI is InChI=1S/C21H16N2OS/c1-2-7-14(8-3-1)21-20(15-9-4-5-10-16(15)22-21)18-13-17(23-24-18)19-11-6-12-25-19/h1-12,18,22H,13H2. The largest absolute Gasteiger partial charge is 0.387 e. The normalized spacial score (nSPS) is 16.8. The lowest BCUT2D eigenvalue weighted by Gasteiger charge is -2.11. The molecule has 4 heteroatoms. The Hall–Kier alpha value is -2.85. The van der Waals surface area contributed by atoms with Gasteiger partial charge in [0, 0.05) is 22.9 Å². The molecule has 0 saturated carbocycles. The zero-order valence-electron chi connectivity index (χ0n) is 13.5. The Morgan fingerprint density at radius 3 is 2.64 bits per heavy atom. The SMILES string of the molecule is c1ccc(-c2[nH]c3ccccc3c2C2CC(c3cccs3)=NO2)cc1. The molecule has 3 heterocycles. The smallest absolute Gasteiger partial charge is 0.160 e. The van der Waals surface area contributed by atoms with Crippen LogP contribution in [0.3, 0.4) is 0 Å². The minimum Gasteiger partial charge on any atom is -0.387 e. The molecular formula is C21H16N2OS. The van der Waals surface area contributed by atoms with E-state index >= 15 is 0 Å². The molecule has 0 radical (unpaired) electrons. The Labute approximate surface area is 149 Å². The minimum atomic E-state index is -0.0662. The lowest BCUT2D eigenvalue weighted by atomic mass is 9.97. The molecule has 2 aromatic carbocycles. The van der Waals surface area contributed by atoms with Crippen LogP contribution in [0.4, 0.5) is 0 Å². The number of nitrogens with one attached hydrogen (secondary N) is 1. The van der Waals surface area contributed by atoms with Gasteiger partial charge in [0.05, 0.1) is 10.6 Å². The molecule has 0 spiro atoms. The number of nitrogens with zero attached hydrogens (tertiary/aromatic N) is 1. The molecule has 0 bridgehead atoms. The monoisotopic (exact) mass is 344 g/mol. The molecular weight excluding hydrogens is 328 g/mol. The van der Waals surface area contributed by atoms with E-state index in [1.807, 2.05) is 6.07 Å². The lowest BCUT2D eigenvalue weighted by Crippen LogP contribution is -2.01. The molecule has 0 aliphatic carbocycles. The summed E-state index contributed by atoms with van der Waals surface area (Å²) in [4.78, 5) is 10.6. The van der Waals surface area contributed by atoms with E-state index < -0.39 is 0 Å². The maximum atomic E-state index is 5.88. The fourth-order valence-corrected chi connectivity index (χ4v) is 4.17. The predicted octanol–water partition coefficient (Wildman–Crippen LogP) is 5.76. The van der Waals surface area contributed by atoms with Crippen LogP contribution in [0.5, 0.6) is 0 Å². The Balaban J connectivity index is 1.61. The summed E-state index contributed by atoms with van der Waals surface area (Å²) in [6.45, 7) is 0. The molecule has 1 aliphatic rings. The molecule has 3 nitrogen and oxygen atoms in total. The van der Waals surface area contributed by atoms with Crippen molar-refractivity contribution in [1.29, 1.82) is 0 Å². The van der Waals surface area contributed by atoms with Crippen molar-refractivity contribution in [2.75, 3.05) is 0 Å². The van der Waals surface area contributed by atoms with Crippen LogP contribution < -0.4 is 0 Å². The highest BCUT2D eigenvalue weighted by Crippen LogP contribution is 2.40. The van der Waals surface area contributed by atoms with Crippen molar-refractivity contribution < 1.29 is 4.84 Å². The molecule has 0 fully saturated rings. The van der Waals surface area contributed by atoms with Crippen molar-refractivity contribution in [3.8, 4) is 11.3 Å². The first kappa shape index (κ1) is 14.5. The third-order valence-electron chi connectivity index (χ3n) is 4.61. The molecule has 122 valence electrons. The molecule has 1 atom stereocenters. The van der Waals surface area contributed by atoms with Crippen molar-refractivity contribution in [2.24, 2.45) is 5.16 Å². The molecule has 0 amide bonds. The zero-order chi connectivity index (χ0) is 16.6. The van der Waals surface area contributed by atoms with Crippen LogP contribution in [0.1, 0.15) is 23.0 Å². The molecule has 1 aliphatic heterocycles. The second kappa shape index (κ2) is 5.90. The van der Waals surface area contributed by atoms with Gasteiger partial charge in [-0.3, -0.25) is 0 Å². The van der Waals surface area contributed by atoms with Gasteiger partial charge in [-0.1, -0.05) is 59.8 Å². The number of hydrogen-bond donors (Lipinski definition) is 1. The summed E-state index contributed by atoms with van der Waals surface area (Å²) in [7, 11) is 0. The van der Waals surface area contributed by atoms with Crippen LogP contribution in [-0.4, -0.2) is 10.7 Å². The lowest BCUT2D eigenvalue weighted by molar-refractivity contribution is 0.0872. The quantitative estimate of drug-likeness (QED) is 0.504. The van der Waals surface area contributed by atoms with Gasteiger partial charge >= 0.3 is 0 Å². The number of hydrogen-bond acceptors (Lipinski definition) is 3. The van der Waals surface area contributed by atoms with Gasteiger partial charge in [-0.2, -0.15) is 0 Å². The van der Waals surface area contributed by atoms with E-state index in [0.717, 1.165) is 23.3 Å². The second-order valence-electron chi connectivity index (χ2n) is 6.14. The summed E-state index contributed by atoms with van der Waals surface area (Å²) in [5.41, 5.74) is 5.64. The van der Waals surface area contributed by atoms with Gasteiger partial charge in [0.25, 0.3) is 0 Å². The van der Waals surface area contributed by atoms with Crippen LogP contribution in [0.2, 0.25) is 0 Å². The van der Waals surface area contributed by atoms with Crippen LogP contribution >= 0.6 is 11.3 Å². The Kier molecular flexibility index (Phi) is 3.42.